The lowest BCUT2D eigenvalue weighted by Crippen LogP contribution is -2.11. The first-order valence-corrected chi connectivity index (χ1v) is 9.38. The van der Waals surface area contributed by atoms with Gasteiger partial charge in [-0.05, 0) is 48.5 Å². The number of nitrogens with zero attached hydrogens (tertiary/aromatic N) is 3. The van der Waals surface area contributed by atoms with Crippen molar-refractivity contribution in [1.82, 2.24) is 9.97 Å². The molecule has 0 atom stereocenters. The molecule has 4 rings (SSSR count). The quantitative estimate of drug-likeness (QED) is 0.492. The summed E-state index contributed by atoms with van der Waals surface area (Å²) < 4.78 is 11.3. The molecule has 0 aliphatic heterocycles. The van der Waals surface area contributed by atoms with Gasteiger partial charge < -0.3 is 14.5 Å². The molecule has 1 N–H and O–H groups in total. The van der Waals surface area contributed by atoms with E-state index >= 15 is 0 Å². The summed E-state index contributed by atoms with van der Waals surface area (Å²) in [5, 5.41) is 11.7. The number of rotatable bonds is 5. The number of hydrogen-bond acceptors (Lipinski definition) is 6. The van der Waals surface area contributed by atoms with E-state index < -0.39 is 0 Å². The zero-order valence-corrected chi connectivity index (χ0v) is 16.4. The van der Waals surface area contributed by atoms with Crippen molar-refractivity contribution >= 4 is 22.7 Å². The number of aromatic nitrogens is 2. The first kappa shape index (κ1) is 19.2. The number of anilines is 1. The molecule has 2 heterocycles. The second-order valence-corrected chi connectivity index (χ2v) is 6.97. The number of benzene rings is 2. The number of oxazole rings is 1. The summed E-state index contributed by atoms with van der Waals surface area (Å²) in [6, 6.07) is 17.3. The van der Waals surface area contributed by atoms with Crippen molar-refractivity contribution in [2.75, 3.05) is 5.32 Å². The van der Waals surface area contributed by atoms with Gasteiger partial charge in [0.2, 0.25) is 5.88 Å². The Morgan fingerprint density at radius 3 is 2.60 bits per heavy atom. The fourth-order valence-corrected chi connectivity index (χ4v) is 2.78. The largest absolute Gasteiger partial charge is 0.440 e. The average molecular weight is 398 g/mol. The summed E-state index contributed by atoms with van der Waals surface area (Å²) in [6.07, 6.45) is 1.44. The first-order chi connectivity index (χ1) is 14.5. The van der Waals surface area contributed by atoms with Crippen LogP contribution < -0.4 is 10.1 Å². The number of amides is 1. The minimum absolute atomic E-state index is 0.190. The third-order valence-electron chi connectivity index (χ3n) is 4.36. The lowest BCUT2D eigenvalue weighted by molar-refractivity contribution is 0.102. The molecule has 148 valence electrons. The number of nitriles is 1. The van der Waals surface area contributed by atoms with Crippen molar-refractivity contribution in [2.24, 2.45) is 0 Å². The topological polar surface area (TPSA) is 101 Å². The van der Waals surface area contributed by atoms with Gasteiger partial charge in [0.15, 0.2) is 11.5 Å². The van der Waals surface area contributed by atoms with Gasteiger partial charge in [0.25, 0.3) is 5.91 Å². The Hall–Kier alpha value is -4.18. The van der Waals surface area contributed by atoms with Crippen LogP contribution in [0.4, 0.5) is 5.69 Å². The average Bonchev–Trinajstić information content (AvgIpc) is 3.19. The van der Waals surface area contributed by atoms with Gasteiger partial charge in [-0.2, -0.15) is 5.26 Å². The molecule has 0 unspecified atom stereocenters. The van der Waals surface area contributed by atoms with Crippen LogP contribution in [-0.2, 0) is 0 Å². The maximum Gasteiger partial charge on any atom is 0.255 e. The van der Waals surface area contributed by atoms with E-state index in [-0.39, 0.29) is 11.8 Å². The fraction of sp³-hybridized carbons (Fsp3) is 0.130. The molecule has 0 fully saturated rings. The lowest BCUT2D eigenvalue weighted by Gasteiger charge is -2.07. The van der Waals surface area contributed by atoms with Crippen molar-refractivity contribution in [1.29, 1.82) is 5.26 Å². The van der Waals surface area contributed by atoms with Crippen molar-refractivity contribution in [2.45, 2.75) is 19.8 Å². The van der Waals surface area contributed by atoms with Gasteiger partial charge >= 0.3 is 0 Å². The SMILES string of the molecule is CC(C)c1nc2cc(NC(=O)c3ccc(Oc4ccc(C#N)cn4)cc3)ccc2o1. The molecule has 30 heavy (non-hydrogen) atoms. The number of fused-ring (bicyclic) bond motifs is 1. The van der Waals surface area contributed by atoms with Crippen LogP contribution in [0.5, 0.6) is 11.6 Å². The van der Waals surface area contributed by atoms with E-state index in [1.807, 2.05) is 19.9 Å². The van der Waals surface area contributed by atoms with Crippen LogP contribution in [-0.4, -0.2) is 15.9 Å². The number of pyridine rings is 1. The predicted octanol–water partition coefficient (Wildman–Crippen LogP) is 5.26. The van der Waals surface area contributed by atoms with Crippen molar-refractivity contribution in [3.63, 3.8) is 0 Å². The van der Waals surface area contributed by atoms with Gasteiger partial charge in [0.05, 0.1) is 5.56 Å². The first-order valence-electron chi connectivity index (χ1n) is 9.38. The second-order valence-electron chi connectivity index (χ2n) is 6.97. The van der Waals surface area contributed by atoms with E-state index in [0.29, 0.717) is 45.4 Å². The van der Waals surface area contributed by atoms with E-state index in [4.69, 9.17) is 14.4 Å². The number of ether oxygens (including phenoxy) is 1. The van der Waals surface area contributed by atoms with Crippen LogP contribution in [0.2, 0.25) is 0 Å². The summed E-state index contributed by atoms with van der Waals surface area (Å²) >= 11 is 0. The minimum Gasteiger partial charge on any atom is -0.440 e. The number of carbonyl (C=O) groups excluding carboxylic acids is 1. The molecule has 0 radical (unpaired) electrons. The molecule has 0 bridgehead atoms. The molecule has 1 amide bonds. The Kier molecular flexibility index (Phi) is 5.14. The normalized spacial score (nSPS) is 10.7. The van der Waals surface area contributed by atoms with Gasteiger partial charge in [0.1, 0.15) is 17.3 Å². The maximum atomic E-state index is 12.6. The molecule has 7 heteroatoms. The summed E-state index contributed by atoms with van der Waals surface area (Å²) in [5.41, 5.74) is 2.97. The Labute approximate surface area is 173 Å². The van der Waals surface area contributed by atoms with Crippen LogP contribution in [0.25, 0.3) is 11.1 Å². The summed E-state index contributed by atoms with van der Waals surface area (Å²) in [6.45, 7) is 4.02. The molecule has 4 aromatic rings. The van der Waals surface area contributed by atoms with E-state index in [2.05, 4.69) is 15.3 Å². The molecule has 0 saturated heterocycles. The van der Waals surface area contributed by atoms with Crippen LogP contribution in [0.1, 0.15) is 41.6 Å². The molecular weight excluding hydrogens is 380 g/mol. The zero-order valence-electron chi connectivity index (χ0n) is 16.4. The molecule has 0 spiro atoms. The Balaban J connectivity index is 1.44. The van der Waals surface area contributed by atoms with Crippen LogP contribution in [0, 0.1) is 11.3 Å². The smallest absolute Gasteiger partial charge is 0.255 e. The number of nitrogens with one attached hydrogen (secondary N) is 1. The van der Waals surface area contributed by atoms with Gasteiger partial charge in [-0.3, -0.25) is 4.79 Å². The highest BCUT2D eigenvalue weighted by Crippen LogP contribution is 2.24. The third-order valence-corrected chi connectivity index (χ3v) is 4.36. The Bertz CT molecular complexity index is 1240. The molecule has 0 aliphatic carbocycles. The van der Waals surface area contributed by atoms with Crippen molar-refractivity contribution in [3.05, 3.63) is 77.8 Å². The van der Waals surface area contributed by atoms with Gasteiger partial charge in [-0.15, -0.1) is 0 Å². The van der Waals surface area contributed by atoms with E-state index in [1.165, 1.54) is 6.20 Å². The van der Waals surface area contributed by atoms with Gasteiger partial charge in [0, 0.05) is 29.4 Å². The molecule has 7 nitrogen and oxygen atoms in total. The summed E-state index contributed by atoms with van der Waals surface area (Å²) in [4.78, 5) is 21.1. The highest BCUT2D eigenvalue weighted by molar-refractivity contribution is 6.05. The zero-order chi connectivity index (χ0) is 21.1. The monoisotopic (exact) mass is 398 g/mol. The predicted molar refractivity (Wildman–Crippen MR) is 112 cm³/mol. The van der Waals surface area contributed by atoms with Gasteiger partial charge in [-0.1, -0.05) is 13.8 Å². The summed E-state index contributed by atoms with van der Waals surface area (Å²) in [5.74, 6) is 1.52. The van der Waals surface area contributed by atoms with E-state index in [1.54, 1.807) is 54.6 Å². The molecule has 0 aliphatic rings. The molecule has 0 saturated carbocycles. The van der Waals surface area contributed by atoms with Crippen LogP contribution >= 0.6 is 0 Å². The van der Waals surface area contributed by atoms with Crippen molar-refractivity contribution < 1.29 is 13.9 Å². The number of hydrogen-bond donors (Lipinski definition) is 1. The highest BCUT2D eigenvalue weighted by atomic mass is 16.5. The molecule has 2 aromatic carbocycles. The molecule has 2 aromatic heterocycles. The minimum atomic E-state index is -0.245. The van der Waals surface area contributed by atoms with Crippen LogP contribution in [0.15, 0.2) is 65.2 Å². The Morgan fingerprint density at radius 2 is 1.93 bits per heavy atom. The van der Waals surface area contributed by atoms with Gasteiger partial charge in [-0.25, -0.2) is 9.97 Å². The molecular formula is C23H18N4O3. The number of carbonyl (C=O) groups is 1. The van der Waals surface area contributed by atoms with Crippen LogP contribution in [0.3, 0.4) is 0 Å². The lowest BCUT2D eigenvalue weighted by atomic mass is 10.2. The highest BCUT2D eigenvalue weighted by Gasteiger charge is 2.12. The maximum absolute atomic E-state index is 12.6. The van der Waals surface area contributed by atoms with E-state index in [9.17, 15) is 4.79 Å². The summed E-state index contributed by atoms with van der Waals surface area (Å²) in [7, 11) is 0. The Morgan fingerprint density at radius 1 is 1.13 bits per heavy atom. The van der Waals surface area contributed by atoms with Crippen molar-refractivity contribution in [3.8, 4) is 17.7 Å². The van der Waals surface area contributed by atoms with E-state index in [0.717, 1.165) is 0 Å². The standard InChI is InChI=1S/C23H18N4O3/c1-14(2)23-27-19-11-17(6-9-20(19)30-23)26-22(28)16-4-7-18(8-5-16)29-21-10-3-15(12-24)13-25-21/h3-11,13-14H,1-2H3,(H,26,28). The fourth-order valence-electron chi connectivity index (χ4n) is 2.78. The second kappa shape index (κ2) is 8.05. The third kappa shape index (κ3) is 4.13.